The Kier molecular flexibility index (Phi) is 5.15. The van der Waals surface area contributed by atoms with Crippen LogP contribution in [0.5, 0.6) is 0 Å². The van der Waals surface area contributed by atoms with Crippen molar-refractivity contribution < 1.29 is 4.79 Å². The molecule has 0 bridgehead atoms. The molecule has 160 valence electrons. The summed E-state index contributed by atoms with van der Waals surface area (Å²) in [6, 6.07) is 4.13. The van der Waals surface area contributed by atoms with Gasteiger partial charge in [0.15, 0.2) is 0 Å². The lowest BCUT2D eigenvalue weighted by atomic mass is 9.98. The maximum absolute atomic E-state index is 13.2. The summed E-state index contributed by atoms with van der Waals surface area (Å²) < 4.78 is 1.78. The number of aromatic nitrogens is 4. The number of nitrogens with zero attached hydrogens (tertiary/aromatic N) is 6. The molecule has 1 fully saturated rings. The first-order valence-electron chi connectivity index (χ1n) is 10.8. The Bertz CT molecular complexity index is 1160. The highest BCUT2D eigenvalue weighted by molar-refractivity contribution is 6.01. The highest BCUT2D eigenvalue weighted by atomic mass is 16.2. The largest absolute Gasteiger partial charge is 0.357 e. The fourth-order valence-electron chi connectivity index (χ4n) is 4.35. The van der Waals surface area contributed by atoms with Gasteiger partial charge in [-0.1, -0.05) is 6.08 Å². The summed E-state index contributed by atoms with van der Waals surface area (Å²) in [5, 5.41) is 7.46. The normalized spacial score (nSPS) is 17.2. The summed E-state index contributed by atoms with van der Waals surface area (Å²) >= 11 is 0. The second kappa shape index (κ2) is 8.11. The molecule has 0 radical (unpaired) electrons. The third-order valence-electron chi connectivity index (χ3n) is 6.20. The first kappa shape index (κ1) is 19.7. The molecule has 1 aliphatic heterocycles. The maximum Gasteiger partial charge on any atom is 0.257 e. The van der Waals surface area contributed by atoms with Gasteiger partial charge < -0.3 is 15.1 Å². The highest BCUT2D eigenvalue weighted by Crippen LogP contribution is 2.31. The summed E-state index contributed by atoms with van der Waals surface area (Å²) in [5.41, 5.74) is 5.79. The van der Waals surface area contributed by atoms with E-state index in [2.05, 4.69) is 50.5 Å². The summed E-state index contributed by atoms with van der Waals surface area (Å²) in [6.07, 6.45) is 10.8. The number of allylic oxidation sites excluding steroid dienone is 1. The van der Waals surface area contributed by atoms with Gasteiger partial charge in [-0.25, -0.2) is 14.5 Å². The van der Waals surface area contributed by atoms with Crippen LogP contribution in [0, 0.1) is 0 Å². The number of fused-ring (bicyclic) bond motifs is 2. The molecule has 1 amide bonds. The lowest BCUT2D eigenvalue weighted by Gasteiger charge is -2.32. The fraction of sp³-hybridized carbons (Fsp3) is 0.391. The maximum atomic E-state index is 13.2. The number of piperazine rings is 1. The molecule has 0 aromatic carbocycles. The minimum atomic E-state index is 0.0532. The molecule has 1 saturated heterocycles. The van der Waals surface area contributed by atoms with Crippen LogP contribution >= 0.6 is 0 Å². The standard InChI is InChI=1S/C23H27N7O/c1-24-23-25-14-18-17(5-3-4-6-20(18)27-23)16-7-8-30-21(13-16)19(15-26-30)22(31)29-11-9-28(2)10-12-29/h5,7-8,13-15H,3-4,6,9-12H2,1-2H3,(H,24,25,27). The first-order chi connectivity index (χ1) is 15.1. The Morgan fingerprint density at radius 3 is 2.81 bits per heavy atom. The van der Waals surface area contributed by atoms with Gasteiger partial charge in [-0.2, -0.15) is 5.10 Å². The molecule has 4 heterocycles. The lowest BCUT2D eigenvalue weighted by Crippen LogP contribution is -2.47. The van der Waals surface area contributed by atoms with Crippen molar-refractivity contribution in [1.82, 2.24) is 29.4 Å². The second-order valence-corrected chi connectivity index (χ2v) is 8.21. The van der Waals surface area contributed by atoms with Crippen molar-refractivity contribution in [2.24, 2.45) is 0 Å². The molecule has 8 nitrogen and oxygen atoms in total. The van der Waals surface area contributed by atoms with Crippen LogP contribution in [-0.2, 0) is 6.42 Å². The van der Waals surface area contributed by atoms with Gasteiger partial charge in [-0.05, 0) is 49.6 Å². The van der Waals surface area contributed by atoms with E-state index >= 15 is 0 Å². The molecule has 2 aliphatic rings. The van der Waals surface area contributed by atoms with Gasteiger partial charge in [0.1, 0.15) is 0 Å². The van der Waals surface area contributed by atoms with Crippen LogP contribution < -0.4 is 5.32 Å². The summed E-state index contributed by atoms with van der Waals surface area (Å²) in [5.74, 6) is 0.698. The number of amides is 1. The van der Waals surface area contributed by atoms with Crippen molar-refractivity contribution in [1.29, 1.82) is 0 Å². The molecule has 8 heteroatoms. The second-order valence-electron chi connectivity index (χ2n) is 8.21. The van der Waals surface area contributed by atoms with Gasteiger partial charge in [0.05, 0.1) is 23.0 Å². The minimum Gasteiger partial charge on any atom is -0.357 e. The molecule has 1 N–H and O–H groups in total. The van der Waals surface area contributed by atoms with Gasteiger partial charge in [-0.3, -0.25) is 4.79 Å². The zero-order chi connectivity index (χ0) is 21.4. The van der Waals surface area contributed by atoms with E-state index in [1.807, 2.05) is 24.3 Å². The average molecular weight is 418 g/mol. The minimum absolute atomic E-state index is 0.0532. The average Bonchev–Trinajstić information content (AvgIpc) is 3.10. The molecular formula is C23H27N7O. The van der Waals surface area contributed by atoms with E-state index in [0.29, 0.717) is 11.5 Å². The van der Waals surface area contributed by atoms with Crippen molar-refractivity contribution in [2.75, 3.05) is 45.6 Å². The van der Waals surface area contributed by atoms with Crippen LogP contribution in [0.15, 0.2) is 36.8 Å². The highest BCUT2D eigenvalue weighted by Gasteiger charge is 2.24. The van der Waals surface area contributed by atoms with E-state index in [1.165, 1.54) is 0 Å². The Balaban J connectivity index is 1.53. The number of nitrogens with one attached hydrogen (secondary N) is 1. The number of aryl methyl sites for hydroxylation is 1. The Morgan fingerprint density at radius 2 is 2.00 bits per heavy atom. The molecule has 3 aromatic heterocycles. The van der Waals surface area contributed by atoms with Gasteiger partial charge in [0.25, 0.3) is 5.91 Å². The topological polar surface area (TPSA) is 78.7 Å². The smallest absolute Gasteiger partial charge is 0.257 e. The molecular weight excluding hydrogens is 390 g/mol. The SMILES string of the molecule is CNc1ncc2c(n1)CCCC=C2c1ccn2ncc(C(=O)N3CCN(C)CC3)c2c1. The number of hydrogen-bond acceptors (Lipinski definition) is 6. The zero-order valence-corrected chi connectivity index (χ0v) is 18.0. The van der Waals surface area contributed by atoms with Crippen molar-refractivity contribution in [2.45, 2.75) is 19.3 Å². The number of anilines is 1. The first-order valence-corrected chi connectivity index (χ1v) is 10.8. The van der Waals surface area contributed by atoms with Crippen LogP contribution in [0.25, 0.3) is 11.1 Å². The number of carbonyl (C=O) groups excluding carboxylic acids is 1. The number of likely N-dealkylation sites (N-methyl/N-ethyl adjacent to an activating group) is 1. The Labute approximate surface area is 181 Å². The number of pyridine rings is 1. The summed E-state index contributed by atoms with van der Waals surface area (Å²) in [4.78, 5) is 26.5. The Hall–Kier alpha value is -3.26. The third-order valence-corrected chi connectivity index (χ3v) is 6.20. The molecule has 5 rings (SSSR count). The van der Waals surface area contributed by atoms with Crippen LogP contribution in [-0.4, -0.2) is 75.6 Å². The van der Waals surface area contributed by atoms with Gasteiger partial charge in [0.2, 0.25) is 5.95 Å². The number of rotatable bonds is 3. The number of carbonyl (C=O) groups is 1. The molecule has 0 saturated carbocycles. The molecule has 0 atom stereocenters. The van der Waals surface area contributed by atoms with E-state index in [-0.39, 0.29) is 5.91 Å². The van der Waals surface area contributed by atoms with E-state index in [4.69, 9.17) is 0 Å². The van der Waals surface area contributed by atoms with Gasteiger partial charge >= 0.3 is 0 Å². The molecule has 0 spiro atoms. The summed E-state index contributed by atoms with van der Waals surface area (Å²) in [6.45, 7) is 3.29. The van der Waals surface area contributed by atoms with Gasteiger partial charge in [-0.15, -0.1) is 0 Å². The predicted octanol–water partition coefficient (Wildman–Crippen LogP) is 2.32. The van der Waals surface area contributed by atoms with Crippen molar-refractivity contribution in [3.8, 4) is 0 Å². The van der Waals surface area contributed by atoms with E-state index < -0.39 is 0 Å². The predicted molar refractivity (Wildman–Crippen MR) is 120 cm³/mol. The van der Waals surface area contributed by atoms with Crippen molar-refractivity contribution >= 4 is 22.9 Å². The van der Waals surface area contributed by atoms with E-state index in [0.717, 1.165) is 73.4 Å². The van der Waals surface area contributed by atoms with E-state index in [1.54, 1.807) is 10.7 Å². The molecule has 0 unspecified atom stereocenters. The zero-order valence-electron chi connectivity index (χ0n) is 18.0. The Morgan fingerprint density at radius 1 is 1.16 bits per heavy atom. The molecule has 1 aliphatic carbocycles. The monoisotopic (exact) mass is 417 g/mol. The number of hydrogen-bond donors (Lipinski definition) is 1. The lowest BCUT2D eigenvalue weighted by molar-refractivity contribution is 0.0666. The van der Waals surface area contributed by atoms with Crippen molar-refractivity contribution in [3.63, 3.8) is 0 Å². The molecule has 3 aromatic rings. The van der Waals surface area contributed by atoms with Crippen LogP contribution in [0.2, 0.25) is 0 Å². The van der Waals surface area contributed by atoms with Crippen LogP contribution in [0.4, 0.5) is 5.95 Å². The quantitative estimate of drug-likeness (QED) is 0.705. The fourth-order valence-corrected chi connectivity index (χ4v) is 4.35. The third kappa shape index (κ3) is 3.67. The van der Waals surface area contributed by atoms with Gasteiger partial charge in [0, 0.05) is 51.2 Å². The van der Waals surface area contributed by atoms with E-state index in [9.17, 15) is 4.79 Å². The van der Waals surface area contributed by atoms with Crippen LogP contribution in [0.3, 0.4) is 0 Å². The van der Waals surface area contributed by atoms with Crippen molar-refractivity contribution in [3.05, 3.63) is 59.2 Å². The molecule has 31 heavy (non-hydrogen) atoms. The summed E-state index contributed by atoms with van der Waals surface area (Å²) in [7, 11) is 3.92. The van der Waals surface area contributed by atoms with Crippen LogP contribution in [0.1, 0.15) is 40.0 Å².